The number of ether oxygens (including phenoxy) is 1. The van der Waals surface area contributed by atoms with Gasteiger partial charge >= 0.3 is 5.97 Å². The van der Waals surface area contributed by atoms with E-state index >= 15 is 0 Å². The number of nitrogens with one attached hydrogen (secondary N) is 1. The van der Waals surface area contributed by atoms with Gasteiger partial charge in [0.2, 0.25) is 0 Å². The number of para-hydroxylation sites is 1. The number of hydrogen-bond donors (Lipinski definition) is 1. The molecule has 162 valence electrons. The number of carbonyl (C=O) groups is 2. The fourth-order valence-corrected chi connectivity index (χ4v) is 4.37. The standard InChI is InChI=1S/C26H25N3O3/c1-18-23(25(31)32-16-22(30)29-26(17-27)14-8-3-9-15-26)20-12-6-7-13-21(20)28-24(18)19-10-4-2-5-11-19/h2,4-7,10-13H,3,8-9,14-16H2,1H3,(H,29,30). The third-order valence-corrected chi connectivity index (χ3v) is 6.02. The number of pyridine rings is 1. The quantitative estimate of drug-likeness (QED) is 0.596. The van der Waals surface area contributed by atoms with Crippen LogP contribution in [0.1, 0.15) is 48.0 Å². The Morgan fingerprint density at radius 1 is 1.06 bits per heavy atom. The Labute approximate surface area is 187 Å². The molecule has 0 radical (unpaired) electrons. The maximum absolute atomic E-state index is 13.1. The second-order valence-electron chi connectivity index (χ2n) is 8.22. The van der Waals surface area contributed by atoms with E-state index in [4.69, 9.17) is 9.72 Å². The summed E-state index contributed by atoms with van der Waals surface area (Å²) in [5, 5.41) is 13.0. The molecule has 6 nitrogen and oxygen atoms in total. The number of nitrogens with zero attached hydrogens (tertiary/aromatic N) is 2. The van der Waals surface area contributed by atoms with Gasteiger partial charge in [-0.3, -0.25) is 4.79 Å². The summed E-state index contributed by atoms with van der Waals surface area (Å²) in [5.41, 5.74) is 2.51. The van der Waals surface area contributed by atoms with E-state index in [0.717, 1.165) is 24.8 Å². The number of fused-ring (bicyclic) bond motifs is 1. The first-order valence-corrected chi connectivity index (χ1v) is 10.9. The predicted molar refractivity (Wildman–Crippen MR) is 122 cm³/mol. The van der Waals surface area contributed by atoms with Gasteiger partial charge in [-0.2, -0.15) is 5.26 Å². The van der Waals surface area contributed by atoms with Crippen LogP contribution in [0.25, 0.3) is 22.2 Å². The topological polar surface area (TPSA) is 92.1 Å². The number of esters is 1. The van der Waals surface area contributed by atoms with Crippen molar-refractivity contribution in [3.8, 4) is 17.3 Å². The average molecular weight is 428 g/mol. The van der Waals surface area contributed by atoms with E-state index in [1.54, 1.807) is 0 Å². The summed E-state index contributed by atoms with van der Waals surface area (Å²) in [7, 11) is 0. The first-order chi connectivity index (χ1) is 15.5. The van der Waals surface area contributed by atoms with Crippen molar-refractivity contribution >= 4 is 22.8 Å². The van der Waals surface area contributed by atoms with E-state index in [2.05, 4.69) is 11.4 Å². The number of benzene rings is 2. The van der Waals surface area contributed by atoms with Crippen LogP contribution in [0.4, 0.5) is 0 Å². The average Bonchev–Trinajstić information content (AvgIpc) is 2.83. The van der Waals surface area contributed by atoms with Crippen LogP contribution >= 0.6 is 0 Å². The van der Waals surface area contributed by atoms with Crippen LogP contribution in [-0.2, 0) is 9.53 Å². The first kappa shape index (κ1) is 21.5. The third kappa shape index (κ3) is 4.33. The Bertz CT molecular complexity index is 1190. The summed E-state index contributed by atoms with van der Waals surface area (Å²) in [6.07, 6.45) is 4.11. The van der Waals surface area contributed by atoms with Gasteiger partial charge in [-0.1, -0.05) is 67.8 Å². The molecule has 2 aromatic carbocycles. The second kappa shape index (κ2) is 9.19. The monoisotopic (exact) mass is 427 g/mol. The maximum Gasteiger partial charge on any atom is 0.339 e. The number of rotatable bonds is 5. The molecule has 1 aromatic heterocycles. The zero-order valence-corrected chi connectivity index (χ0v) is 18.1. The van der Waals surface area contributed by atoms with Gasteiger partial charge in [0, 0.05) is 10.9 Å². The van der Waals surface area contributed by atoms with Crippen LogP contribution < -0.4 is 5.32 Å². The van der Waals surface area contributed by atoms with E-state index in [1.807, 2.05) is 61.5 Å². The molecule has 1 heterocycles. The molecule has 0 aliphatic heterocycles. The summed E-state index contributed by atoms with van der Waals surface area (Å²) in [6.45, 7) is 1.41. The summed E-state index contributed by atoms with van der Waals surface area (Å²) in [4.78, 5) is 30.4. The highest BCUT2D eigenvalue weighted by molar-refractivity contribution is 6.06. The fraction of sp³-hybridized carbons (Fsp3) is 0.308. The Balaban J connectivity index is 1.59. The van der Waals surface area contributed by atoms with Crippen molar-refractivity contribution in [2.75, 3.05) is 6.61 Å². The lowest BCUT2D eigenvalue weighted by atomic mass is 9.83. The second-order valence-corrected chi connectivity index (χ2v) is 8.22. The number of hydrogen-bond acceptors (Lipinski definition) is 5. The lowest BCUT2D eigenvalue weighted by Gasteiger charge is -2.31. The molecule has 1 amide bonds. The maximum atomic E-state index is 13.1. The van der Waals surface area contributed by atoms with Crippen LogP contribution in [0.5, 0.6) is 0 Å². The molecule has 1 fully saturated rings. The Morgan fingerprint density at radius 3 is 2.47 bits per heavy atom. The molecule has 0 spiro atoms. The van der Waals surface area contributed by atoms with Crippen molar-refractivity contribution in [2.45, 2.75) is 44.6 Å². The van der Waals surface area contributed by atoms with Gasteiger partial charge in [0.25, 0.3) is 5.91 Å². The van der Waals surface area contributed by atoms with Crippen LogP contribution in [0.2, 0.25) is 0 Å². The minimum Gasteiger partial charge on any atom is -0.452 e. The summed E-state index contributed by atoms with van der Waals surface area (Å²) < 4.78 is 5.41. The molecule has 1 aliphatic rings. The van der Waals surface area contributed by atoms with Crippen molar-refractivity contribution in [2.24, 2.45) is 0 Å². The van der Waals surface area contributed by atoms with Crippen LogP contribution in [0, 0.1) is 18.3 Å². The SMILES string of the molecule is Cc1c(-c2ccccc2)nc2ccccc2c1C(=O)OCC(=O)NC1(C#N)CCCCC1. The van der Waals surface area contributed by atoms with Gasteiger partial charge in [-0.15, -0.1) is 0 Å². The van der Waals surface area contributed by atoms with Crippen molar-refractivity contribution in [1.82, 2.24) is 10.3 Å². The molecular formula is C26H25N3O3. The van der Waals surface area contributed by atoms with Crippen molar-refractivity contribution in [3.63, 3.8) is 0 Å². The number of aromatic nitrogens is 1. The third-order valence-electron chi connectivity index (χ3n) is 6.02. The predicted octanol–water partition coefficient (Wildman–Crippen LogP) is 4.71. The smallest absolute Gasteiger partial charge is 0.339 e. The Hall–Kier alpha value is -3.72. The van der Waals surface area contributed by atoms with E-state index < -0.39 is 24.0 Å². The molecule has 32 heavy (non-hydrogen) atoms. The molecule has 1 N–H and O–H groups in total. The number of carbonyl (C=O) groups excluding carboxylic acids is 2. The lowest BCUT2D eigenvalue weighted by molar-refractivity contribution is -0.125. The Kier molecular flexibility index (Phi) is 6.18. The highest BCUT2D eigenvalue weighted by atomic mass is 16.5. The van der Waals surface area contributed by atoms with Gasteiger partial charge in [-0.05, 0) is 31.4 Å². The van der Waals surface area contributed by atoms with E-state index in [1.165, 1.54) is 0 Å². The van der Waals surface area contributed by atoms with Crippen LogP contribution in [0.15, 0.2) is 54.6 Å². The highest BCUT2D eigenvalue weighted by Crippen LogP contribution is 2.30. The van der Waals surface area contributed by atoms with E-state index in [0.29, 0.717) is 40.6 Å². The molecule has 0 atom stereocenters. The van der Waals surface area contributed by atoms with E-state index in [-0.39, 0.29) is 0 Å². The summed E-state index contributed by atoms with van der Waals surface area (Å²) >= 11 is 0. The molecule has 0 bridgehead atoms. The number of amides is 1. The van der Waals surface area contributed by atoms with Crippen molar-refractivity contribution in [3.05, 3.63) is 65.7 Å². The van der Waals surface area contributed by atoms with Crippen molar-refractivity contribution in [1.29, 1.82) is 5.26 Å². The van der Waals surface area contributed by atoms with Crippen LogP contribution in [0.3, 0.4) is 0 Å². The largest absolute Gasteiger partial charge is 0.452 e. The molecule has 3 aromatic rings. The van der Waals surface area contributed by atoms with Gasteiger partial charge < -0.3 is 10.1 Å². The highest BCUT2D eigenvalue weighted by Gasteiger charge is 2.33. The summed E-state index contributed by atoms with van der Waals surface area (Å²) in [5.74, 6) is -1.04. The Morgan fingerprint density at radius 2 is 1.75 bits per heavy atom. The molecule has 4 rings (SSSR count). The lowest BCUT2D eigenvalue weighted by Crippen LogP contribution is -2.50. The molecule has 0 unspecified atom stereocenters. The minimum absolute atomic E-state index is 0.398. The van der Waals surface area contributed by atoms with Gasteiger partial charge in [-0.25, -0.2) is 9.78 Å². The zero-order chi connectivity index (χ0) is 22.6. The van der Waals surface area contributed by atoms with Crippen LogP contribution in [-0.4, -0.2) is 29.0 Å². The fourth-order valence-electron chi connectivity index (χ4n) is 4.37. The molecular weight excluding hydrogens is 402 g/mol. The molecule has 1 saturated carbocycles. The normalized spacial score (nSPS) is 15.0. The minimum atomic E-state index is -0.860. The van der Waals surface area contributed by atoms with Gasteiger partial charge in [0.05, 0.1) is 22.8 Å². The molecule has 1 aliphatic carbocycles. The van der Waals surface area contributed by atoms with Crippen molar-refractivity contribution < 1.29 is 14.3 Å². The van der Waals surface area contributed by atoms with E-state index in [9.17, 15) is 14.9 Å². The van der Waals surface area contributed by atoms with Gasteiger partial charge in [0.1, 0.15) is 5.54 Å². The molecule has 6 heteroatoms. The zero-order valence-electron chi connectivity index (χ0n) is 18.1. The number of nitriles is 1. The molecule has 0 saturated heterocycles. The summed E-state index contributed by atoms with van der Waals surface area (Å²) in [6, 6.07) is 19.3. The first-order valence-electron chi connectivity index (χ1n) is 10.9. The van der Waals surface area contributed by atoms with Gasteiger partial charge in [0.15, 0.2) is 6.61 Å².